The van der Waals surface area contributed by atoms with E-state index in [9.17, 15) is 0 Å². The molecular weight excluding hydrogens is 218 g/mol. The van der Waals surface area contributed by atoms with Crippen LogP contribution in [-0.4, -0.2) is 42.8 Å². The highest BCUT2D eigenvalue weighted by atomic mass is 32.2. The third-order valence-electron chi connectivity index (χ3n) is 2.13. The van der Waals surface area contributed by atoms with Crippen LogP contribution in [0.5, 0.6) is 0 Å². The van der Waals surface area contributed by atoms with E-state index >= 15 is 0 Å². The molecule has 0 aliphatic rings. The Morgan fingerprint density at radius 2 is 2.25 bits per heavy atom. The molecular formula is C12H21N3S. The molecule has 0 aliphatic carbocycles. The lowest BCUT2D eigenvalue weighted by atomic mass is 10.3. The first kappa shape index (κ1) is 13.3. The molecule has 1 aromatic rings. The zero-order chi connectivity index (χ0) is 11.8. The van der Waals surface area contributed by atoms with Crippen LogP contribution in [0.3, 0.4) is 0 Å². The first-order valence-corrected chi connectivity index (χ1v) is 6.79. The van der Waals surface area contributed by atoms with Gasteiger partial charge in [0.15, 0.2) is 0 Å². The van der Waals surface area contributed by atoms with Gasteiger partial charge in [0.05, 0.1) is 5.69 Å². The number of rotatable bonds is 7. The standard InChI is InChI=1S/C12H21N3S/c1-4-13-11-5-6-14-12(9-11)10-16-8-7-15(2)3/h5-6,9H,4,7-8,10H2,1-3H3,(H,13,14). The average Bonchev–Trinajstić information content (AvgIpc) is 2.25. The molecule has 1 N–H and O–H groups in total. The number of anilines is 1. The van der Waals surface area contributed by atoms with Crippen LogP contribution in [0, 0.1) is 0 Å². The van der Waals surface area contributed by atoms with Gasteiger partial charge in [-0.2, -0.15) is 11.8 Å². The fourth-order valence-corrected chi connectivity index (χ4v) is 2.30. The van der Waals surface area contributed by atoms with Gasteiger partial charge in [-0.3, -0.25) is 4.98 Å². The molecule has 0 spiro atoms. The fraction of sp³-hybridized carbons (Fsp3) is 0.583. The van der Waals surface area contributed by atoms with Crippen molar-refractivity contribution in [2.75, 3.05) is 38.3 Å². The van der Waals surface area contributed by atoms with Crippen LogP contribution in [0.4, 0.5) is 5.69 Å². The van der Waals surface area contributed by atoms with E-state index in [1.165, 1.54) is 5.69 Å². The minimum atomic E-state index is 0.956. The van der Waals surface area contributed by atoms with Crippen LogP contribution in [0.1, 0.15) is 12.6 Å². The third-order valence-corrected chi connectivity index (χ3v) is 3.10. The smallest absolute Gasteiger partial charge is 0.0523 e. The summed E-state index contributed by atoms with van der Waals surface area (Å²) in [6.07, 6.45) is 1.87. The van der Waals surface area contributed by atoms with Crippen molar-refractivity contribution >= 4 is 17.4 Å². The van der Waals surface area contributed by atoms with E-state index in [4.69, 9.17) is 0 Å². The number of thioether (sulfide) groups is 1. The molecule has 0 saturated heterocycles. The Morgan fingerprint density at radius 3 is 2.94 bits per heavy atom. The van der Waals surface area contributed by atoms with Crippen LogP contribution < -0.4 is 5.32 Å². The van der Waals surface area contributed by atoms with E-state index in [-0.39, 0.29) is 0 Å². The van der Waals surface area contributed by atoms with Crippen molar-refractivity contribution in [2.24, 2.45) is 0 Å². The van der Waals surface area contributed by atoms with Gasteiger partial charge in [0, 0.05) is 36.5 Å². The number of nitrogens with one attached hydrogen (secondary N) is 1. The second-order valence-electron chi connectivity index (χ2n) is 3.92. The Bertz CT molecular complexity index is 302. The predicted molar refractivity (Wildman–Crippen MR) is 73.1 cm³/mol. The van der Waals surface area contributed by atoms with Crippen molar-refractivity contribution in [3.05, 3.63) is 24.0 Å². The molecule has 0 unspecified atom stereocenters. The highest BCUT2D eigenvalue weighted by molar-refractivity contribution is 7.98. The summed E-state index contributed by atoms with van der Waals surface area (Å²) < 4.78 is 0. The van der Waals surface area contributed by atoms with Crippen LogP contribution >= 0.6 is 11.8 Å². The zero-order valence-electron chi connectivity index (χ0n) is 10.4. The molecule has 1 heterocycles. The summed E-state index contributed by atoms with van der Waals surface area (Å²) in [6, 6.07) is 4.14. The quantitative estimate of drug-likeness (QED) is 0.739. The minimum absolute atomic E-state index is 0.956. The topological polar surface area (TPSA) is 28.2 Å². The van der Waals surface area contributed by atoms with Crippen molar-refractivity contribution in [2.45, 2.75) is 12.7 Å². The van der Waals surface area contributed by atoms with Crippen LogP contribution in [0.25, 0.3) is 0 Å². The molecule has 4 heteroatoms. The first-order chi connectivity index (χ1) is 7.72. The molecule has 3 nitrogen and oxygen atoms in total. The Labute approximate surface area is 103 Å². The summed E-state index contributed by atoms with van der Waals surface area (Å²) >= 11 is 1.93. The van der Waals surface area contributed by atoms with Gasteiger partial charge >= 0.3 is 0 Å². The van der Waals surface area contributed by atoms with E-state index in [1.807, 2.05) is 24.0 Å². The molecule has 0 bridgehead atoms. The van der Waals surface area contributed by atoms with Crippen molar-refractivity contribution in [3.63, 3.8) is 0 Å². The maximum atomic E-state index is 4.36. The molecule has 0 amide bonds. The second kappa shape index (κ2) is 7.52. The molecule has 90 valence electrons. The van der Waals surface area contributed by atoms with Gasteiger partial charge in [-0.25, -0.2) is 0 Å². The second-order valence-corrected chi connectivity index (χ2v) is 5.03. The van der Waals surface area contributed by atoms with Crippen molar-refractivity contribution in [3.8, 4) is 0 Å². The van der Waals surface area contributed by atoms with E-state index in [2.05, 4.69) is 42.3 Å². The summed E-state index contributed by atoms with van der Waals surface area (Å²) in [6.45, 7) is 4.18. The van der Waals surface area contributed by atoms with Gasteiger partial charge in [-0.05, 0) is 33.2 Å². The number of nitrogens with zero attached hydrogens (tertiary/aromatic N) is 2. The average molecular weight is 239 g/mol. The van der Waals surface area contributed by atoms with Gasteiger partial charge in [-0.1, -0.05) is 0 Å². The molecule has 0 aliphatic heterocycles. The molecule has 0 radical (unpaired) electrons. The minimum Gasteiger partial charge on any atom is -0.385 e. The van der Waals surface area contributed by atoms with Crippen molar-refractivity contribution in [1.82, 2.24) is 9.88 Å². The number of hydrogen-bond donors (Lipinski definition) is 1. The molecule has 0 aromatic carbocycles. The highest BCUT2D eigenvalue weighted by Crippen LogP contribution is 2.13. The van der Waals surface area contributed by atoms with E-state index in [0.29, 0.717) is 0 Å². The van der Waals surface area contributed by atoms with E-state index in [0.717, 1.165) is 30.3 Å². The van der Waals surface area contributed by atoms with Crippen LogP contribution in [0.2, 0.25) is 0 Å². The molecule has 0 atom stereocenters. The molecule has 1 rings (SSSR count). The zero-order valence-corrected chi connectivity index (χ0v) is 11.2. The maximum absolute atomic E-state index is 4.36. The monoisotopic (exact) mass is 239 g/mol. The highest BCUT2D eigenvalue weighted by Gasteiger charge is 1.98. The molecule has 16 heavy (non-hydrogen) atoms. The van der Waals surface area contributed by atoms with Crippen LogP contribution in [-0.2, 0) is 5.75 Å². The number of aromatic nitrogens is 1. The molecule has 1 aromatic heterocycles. The normalized spacial score (nSPS) is 10.8. The van der Waals surface area contributed by atoms with Crippen molar-refractivity contribution in [1.29, 1.82) is 0 Å². The van der Waals surface area contributed by atoms with Gasteiger partial charge in [-0.15, -0.1) is 0 Å². The third kappa shape index (κ3) is 5.37. The van der Waals surface area contributed by atoms with Gasteiger partial charge < -0.3 is 10.2 Å². The van der Waals surface area contributed by atoms with Crippen LogP contribution in [0.15, 0.2) is 18.3 Å². The Morgan fingerprint density at radius 1 is 1.44 bits per heavy atom. The van der Waals surface area contributed by atoms with Gasteiger partial charge in [0.1, 0.15) is 0 Å². The summed E-state index contributed by atoms with van der Waals surface area (Å²) in [5.41, 5.74) is 2.32. The Balaban J connectivity index is 2.33. The van der Waals surface area contributed by atoms with Gasteiger partial charge in [0.2, 0.25) is 0 Å². The number of hydrogen-bond acceptors (Lipinski definition) is 4. The Hall–Kier alpha value is -0.740. The summed E-state index contributed by atoms with van der Waals surface area (Å²) in [5.74, 6) is 2.15. The number of pyridine rings is 1. The summed E-state index contributed by atoms with van der Waals surface area (Å²) in [5, 5.41) is 3.30. The Kier molecular flexibility index (Phi) is 6.26. The first-order valence-electron chi connectivity index (χ1n) is 5.63. The maximum Gasteiger partial charge on any atom is 0.0523 e. The SMILES string of the molecule is CCNc1ccnc(CSCCN(C)C)c1. The summed E-state index contributed by atoms with van der Waals surface area (Å²) in [7, 11) is 4.20. The van der Waals surface area contributed by atoms with E-state index in [1.54, 1.807) is 0 Å². The molecule has 0 fully saturated rings. The lowest BCUT2D eigenvalue weighted by molar-refractivity contribution is 0.437. The molecule has 0 saturated carbocycles. The van der Waals surface area contributed by atoms with E-state index < -0.39 is 0 Å². The lowest BCUT2D eigenvalue weighted by Crippen LogP contribution is -2.14. The van der Waals surface area contributed by atoms with Crippen molar-refractivity contribution < 1.29 is 0 Å². The fourth-order valence-electron chi connectivity index (χ4n) is 1.30. The summed E-state index contributed by atoms with van der Waals surface area (Å²) in [4.78, 5) is 6.57. The lowest BCUT2D eigenvalue weighted by Gasteiger charge is -2.09. The predicted octanol–water partition coefficient (Wildman–Crippen LogP) is 2.31. The largest absolute Gasteiger partial charge is 0.385 e. The van der Waals surface area contributed by atoms with Gasteiger partial charge in [0.25, 0.3) is 0 Å².